The van der Waals surface area contributed by atoms with Gasteiger partial charge in [0.2, 0.25) is 5.91 Å². The summed E-state index contributed by atoms with van der Waals surface area (Å²) in [4.78, 5) is 31.1. The molecule has 0 bridgehead atoms. The third-order valence-corrected chi connectivity index (χ3v) is 5.54. The zero-order valence-electron chi connectivity index (χ0n) is 14.5. The number of rotatable bonds is 4. The van der Waals surface area contributed by atoms with Crippen molar-refractivity contribution in [3.05, 3.63) is 39.7 Å². The fraction of sp³-hybridized carbons (Fsp3) is 0.421. The maximum atomic E-state index is 12.7. The Morgan fingerprint density at radius 1 is 1.28 bits per heavy atom. The number of aliphatic carboxylic acids is 1. The molecule has 1 atom stereocenters. The van der Waals surface area contributed by atoms with Crippen molar-refractivity contribution < 1.29 is 14.7 Å². The molecule has 0 unspecified atom stereocenters. The van der Waals surface area contributed by atoms with E-state index in [2.05, 4.69) is 4.98 Å². The molecule has 1 aliphatic heterocycles. The molecule has 1 amide bonds. The Morgan fingerprint density at radius 3 is 2.68 bits per heavy atom. The van der Waals surface area contributed by atoms with E-state index in [1.807, 2.05) is 38.1 Å². The highest BCUT2D eigenvalue weighted by Crippen LogP contribution is 2.29. The van der Waals surface area contributed by atoms with Crippen molar-refractivity contribution in [2.75, 3.05) is 13.1 Å². The number of hydrogen-bond acceptors (Lipinski definition) is 4. The fourth-order valence-corrected chi connectivity index (χ4v) is 4.13. The van der Waals surface area contributed by atoms with Crippen LogP contribution in [0.4, 0.5) is 0 Å². The second-order valence-corrected chi connectivity index (χ2v) is 7.85. The fourth-order valence-electron chi connectivity index (χ4n) is 3.18. The van der Waals surface area contributed by atoms with Crippen molar-refractivity contribution in [1.29, 1.82) is 0 Å². The summed E-state index contributed by atoms with van der Waals surface area (Å²) in [5.41, 5.74) is 3.06. The van der Waals surface area contributed by atoms with Gasteiger partial charge in [-0.25, -0.2) is 4.98 Å². The molecule has 2 heterocycles. The van der Waals surface area contributed by atoms with Gasteiger partial charge in [-0.1, -0.05) is 29.8 Å². The summed E-state index contributed by atoms with van der Waals surface area (Å²) in [6, 6.07) is 8.13. The highest BCUT2D eigenvalue weighted by Gasteiger charge is 2.28. The van der Waals surface area contributed by atoms with Gasteiger partial charge in [-0.15, -0.1) is 11.3 Å². The van der Waals surface area contributed by atoms with Crippen LogP contribution >= 0.6 is 11.3 Å². The van der Waals surface area contributed by atoms with Gasteiger partial charge in [-0.05, 0) is 26.7 Å². The van der Waals surface area contributed by atoms with E-state index < -0.39 is 11.9 Å². The molecule has 1 N–H and O–H groups in total. The first kappa shape index (κ1) is 17.6. The summed E-state index contributed by atoms with van der Waals surface area (Å²) in [5, 5.41) is 10.1. The second-order valence-electron chi connectivity index (χ2n) is 6.56. The first-order chi connectivity index (χ1) is 11.9. The Hall–Kier alpha value is -2.21. The van der Waals surface area contributed by atoms with Gasteiger partial charge in [0.15, 0.2) is 0 Å². The van der Waals surface area contributed by atoms with Crippen molar-refractivity contribution in [2.45, 2.75) is 33.1 Å². The van der Waals surface area contributed by atoms with Crippen LogP contribution in [0.15, 0.2) is 24.3 Å². The quantitative estimate of drug-likeness (QED) is 0.910. The lowest BCUT2D eigenvalue weighted by Crippen LogP contribution is -2.42. The van der Waals surface area contributed by atoms with Crippen LogP contribution in [0.3, 0.4) is 0 Å². The van der Waals surface area contributed by atoms with Crippen LogP contribution < -0.4 is 0 Å². The van der Waals surface area contributed by atoms with Crippen molar-refractivity contribution in [2.24, 2.45) is 5.92 Å². The molecule has 1 aromatic heterocycles. The van der Waals surface area contributed by atoms with E-state index >= 15 is 0 Å². The van der Waals surface area contributed by atoms with E-state index in [1.54, 1.807) is 4.90 Å². The molecule has 1 aliphatic rings. The number of thiazole rings is 1. The Bertz CT molecular complexity index is 782. The number of hydrogen-bond donors (Lipinski definition) is 1. The first-order valence-corrected chi connectivity index (χ1v) is 9.29. The Kier molecular flexibility index (Phi) is 5.18. The third kappa shape index (κ3) is 4.07. The van der Waals surface area contributed by atoms with Crippen LogP contribution in [-0.2, 0) is 16.0 Å². The molecule has 25 heavy (non-hydrogen) atoms. The molecule has 6 heteroatoms. The van der Waals surface area contributed by atoms with E-state index in [0.717, 1.165) is 27.6 Å². The number of nitrogens with zero attached hydrogens (tertiary/aromatic N) is 2. The number of carbonyl (C=O) groups excluding carboxylic acids is 1. The number of aryl methyl sites for hydroxylation is 2. The third-order valence-electron chi connectivity index (χ3n) is 4.56. The van der Waals surface area contributed by atoms with E-state index in [9.17, 15) is 14.7 Å². The Labute approximate surface area is 151 Å². The minimum Gasteiger partial charge on any atom is -0.481 e. The van der Waals surface area contributed by atoms with Gasteiger partial charge in [0.25, 0.3) is 0 Å². The molecule has 5 nitrogen and oxygen atoms in total. The topological polar surface area (TPSA) is 70.5 Å². The molecule has 1 fully saturated rings. The summed E-state index contributed by atoms with van der Waals surface area (Å²) in [7, 11) is 0. The second kappa shape index (κ2) is 7.35. The Morgan fingerprint density at radius 2 is 2.00 bits per heavy atom. The Balaban J connectivity index is 1.77. The smallest absolute Gasteiger partial charge is 0.308 e. The molecule has 0 saturated carbocycles. The van der Waals surface area contributed by atoms with E-state index in [4.69, 9.17) is 0 Å². The minimum atomic E-state index is -0.813. The van der Waals surface area contributed by atoms with Gasteiger partial charge in [0.05, 0.1) is 23.0 Å². The van der Waals surface area contributed by atoms with E-state index in [1.165, 1.54) is 16.9 Å². The number of carboxylic acids is 1. The van der Waals surface area contributed by atoms with Crippen molar-refractivity contribution in [3.63, 3.8) is 0 Å². The van der Waals surface area contributed by atoms with Crippen molar-refractivity contribution >= 4 is 23.2 Å². The van der Waals surface area contributed by atoms with E-state index in [-0.39, 0.29) is 12.3 Å². The van der Waals surface area contributed by atoms with Crippen LogP contribution in [0.5, 0.6) is 0 Å². The van der Waals surface area contributed by atoms with Gasteiger partial charge in [-0.2, -0.15) is 0 Å². The van der Waals surface area contributed by atoms with Gasteiger partial charge < -0.3 is 10.0 Å². The molecular weight excluding hydrogens is 336 g/mol. The van der Waals surface area contributed by atoms with Crippen LogP contribution in [0, 0.1) is 19.8 Å². The van der Waals surface area contributed by atoms with Crippen LogP contribution in [0.25, 0.3) is 11.3 Å². The lowest BCUT2D eigenvalue weighted by Gasteiger charge is -2.30. The minimum absolute atomic E-state index is 0.0111. The predicted octanol–water partition coefficient (Wildman–Crippen LogP) is 3.29. The molecule has 0 aliphatic carbocycles. The number of aromatic nitrogens is 1. The standard InChI is InChI=1S/C19H22N2O3S/c1-12-5-7-14(8-6-12)18-16(25-13(2)20-18)10-17(22)21-9-3-4-15(11-21)19(23)24/h5-8,15H,3-4,9-11H2,1-2H3,(H,23,24)/t15-/m1/s1. The first-order valence-electron chi connectivity index (χ1n) is 8.48. The lowest BCUT2D eigenvalue weighted by atomic mass is 9.98. The summed E-state index contributed by atoms with van der Waals surface area (Å²) in [6.45, 7) is 4.93. The zero-order chi connectivity index (χ0) is 18.0. The summed E-state index contributed by atoms with van der Waals surface area (Å²) in [6.07, 6.45) is 1.67. The summed E-state index contributed by atoms with van der Waals surface area (Å²) in [5.74, 6) is -1.27. The number of piperidine rings is 1. The molecule has 0 radical (unpaired) electrons. The van der Waals surface area contributed by atoms with Crippen LogP contribution in [-0.4, -0.2) is 40.0 Å². The zero-order valence-corrected chi connectivity index (χ0v) is 15.3. The van der Waals surface area contributed by atoms with Crippen molar-refractivity contribution in [3.8, 4) is 11.3 Å². The normalized spacial score (nSPS) is 17.5. The number of likely N-dealkylation sites (tertiary alicyclic amines) is 1. The number of benzene rings is 1. The number of carbonyl (C=O) groups is 2. The summed E-state index contributed by atoms with van der Waals surface area (Å²) < 4.78 is 0. The highest BCUT2D eigenvalue weighted by atomic mass is 32.1. The van der Waals surface area contributed by atoms with Gasteiger partial charge >= 0.3 is 5.97 Å². The van der Waals surface area contributed by atoms with Crippen LogP contribution in [0.2, 0.25) is 0 Å². The SMILES string of the molecule is Cc1ccc(-c2nc(C)sc2CC(=O)N2CCC[C@@H](C(=O)O)C2)cc1. The molecular formula is C19H22N2O3S. The molecule has 2 aromatic rings. The highest BCUT2D eigenvalue weighted by molar-refractivity contribution is 7.12. The monoisotopic (exact) mass is 358 g/mol. The molecule has 1 aromatic carbocycles. The van der Waals surface area contributed by atoms with E-state index in [0.29, 0.717) is 19.5 Å². The number of carboxylic acid groups (broad SMARTS) is 1. The maximum absolute atomic E-state index is 12.7. The average Bonchev–Trinajstić information content (AvgIpc) is 2.96. The molecule has 132 valence electrons. The molecule has 1 saturated heterocycles. The average molecular weight is 358 g/mol. The predicted molar refractivity (Wildman–Crippen MR) is 97.7 cm³/mol. The lowest BCUT2D eigenvalue weighted by molar-refractivity contribution is -0.145. The largest absolute Gasteiger partial charge is 0.481 e. The van der Waals surface area contributed by atoms with Gasteiger partial charge in [0.1, 0.15) is 0 Å². The summed E-state index contributed by atoms with van der Waals surface area (Å²) >= 11 is 1.54. The molecule has 0 spiro atoms. The van der Waals surface area contributed by atoms with Crippen molar-refractivity contribution in [1.82, 2.24) is 9.88 Å². The van der Waals surface area contributed by atoms with Gasteiger partial charge in [-0.3, -0.25) is 9.59 Å². The number of amides is 1. The maximum Gasteiger partial charge on any atom is 0.308 e. The van der Waals surface area contributed by atoms with Crippen LogP contribution in [0.1, 0.15) is 28.3 Å². The van der Waals surface area contributed by atoms with Gasteiger partial charge in [0, 0.05) is 23.5 Å². The molecule has 3 rings (SSSR count).